The van der Waals surface area contributed by atoms with Gasteiger partial charge in [0.2, 0.25) is 0 Å². The number of methoxy groups -OCH3 is 1. The first-order valence-corrected chi connectivity index (χ1v) is 7.36. The average Bonchev–Trinajstić information content (AvgIpc) is 2.55. The SMILES string of the molecule is COc1ccc(N2CCN(c3cc(=S)nc[nH]3)CC2)cc1. The zero-order valence-corrected chi connectivity index (χ0v) is 12.8. The lowest BCUT2D eigenvalue weighted by molar-refractivity contribution is 0.415. The molecule has 2 aromatic rings. The molecule has 3 rings (SSSR count). The number of hydrogen-bond acceptors (Lipinski definition) is 5. The largest absolute Gasteiger partial charge is 0.497 e. The van der Waals surface area contributed by atoms with Crippen molar-refractivity contribution in [1.29, 1.82) is 0 Å². The second-order valence-electron chi connectivity index (χ2n) is 4.94. The third-order valence-electron chi connectivity index (χ3n) is 3.72. The molecule has 0 amide bonds. The molecule has 1 aliphatic heterocycles. The highest BCUT2D eigenvalue weighted by atomic mass is 32.1. The summed E-state index contributed by atoms with van der Waals surface area (Å²) in [7, 11) is 1.69. The van der Waals surface area contributed by atoms with Gasteiger partial charge in [-0.15, -0.1) is 0 Å². The van der Waals surface area contributed by atoms with E-state index in [0.29, 0.717) is 4.64 Å². The summed E-state index contributed by atoms with van der Waals surface area (Å²) in [6.45, 7) is 3.88. The molecule has 0 saturated carbocycles. The van der Waals surface area contributed by atoms with Gasteiger partial charge in [-0.3, -0.25) is 0 Å². The molecule has 6 heteroatoms. The molecule has 1 saturated heterocycles. The highest BCUT2D eigenvalue weighted by molar-refractivity contribution is 7.71. The summed E-state index contributed by atoms with van der Waals surface area (Å²) < 4.78 is 5.82. The fraction of sp³-hybridized carbons (Fsp3) is 0.333. The third-order valence-corrected chi connectivity index (χ3v) is 3.95. The fourth-order valence-corrected chi connectivity index (χ4v) is 2.70. The zero-order valence-electron chi connectivity index (χ0n) is 12.0. The predicted octanol–water partition coefficient (Wildman–Crippen LogP) is 2.47. The van der Waals surface area contributed by atoms with Crippen molar-refractivity contribution in [2.75, 3.05) is 43.1 Å². The van der Waals surface area contributed by atoms with E-state index in [9.17, 15) is 0 Å². The van der Waals surface area contributed by atoms with Crippen molar-refractivity contribution in [3.8, 4) is 5.75 Å². The Labute approximate surface area is 129 Å². The normalized spacial score (nSPS) is 15.1. The maximum Gasteiger partial charge on any atom is 0.131 e. The lowest BCUT2D eigenvalue weighted by Gasteiger charge is -2.37. The van der Waals surface area contributed by atoms with E-state index in [0.717, 1.165) is 37.7 Å². The summed E-state index contributed by atoms with van der Waals surface area (Å²) in [5.74, 6) is 1.94. The van der Waals surface area contributed by atoms with E-state index in [1.807, 2.05) is 18.2 Å². The molecule has 1 aromatic heterocycles. The van der Waals surface area contributed by atoms with Gasteiger partial charge < -0.3 is 19.5 Å². The van der Waals surface area contributed by atoms with E-state index in [1.54, 1.807) is 13.4 Å². The lowest BCUT2D eigenvalue weighted by Crippen LogP contribution is -2.46. The number of hydrogen-bond donors (Lipinski definition) is 1. The zero-order chi connectivity index (χ0) is 14.7. The second-order valence-corrected chi connectivity index (χ2v) is 5.36. The molecule has 0 bridgehead atoms. The van der Waals surface area contributed by atoms with E-state index in [-0.39, 0.29) is 0 Å². The molecule has 2 heterocycles. The molecule has 1 fully saturated rings. The smallest absolute Gasteiger partial charge is 0.131 e. The van der Waals surface area contributed by atoms with Crippen LogP contribution >= 0.6 is 12.2 Å². The summed E-state index contributed by atoms with van der Waals surface area (Å²) >= 11 is 5.11. The summed E-state index contributed by atoms with van der Waals surface area (Å²) in [5.41, 5.74) is 1.23. The number of benzene rings is 1. The number of aromatic amines is 1. The van der Waals surface area contributed by atoms with Crippen LogP contribution in [0.1, 0.15) is 0 Å². The Balaban J connectivity index is 1.65. The van der Waals surface area contributed by atoms with Crippen LogP contribution in [0.3, 0.4) is 0 Å². The Kier molecular flexibility index (Phi) is 4.06. The molecule has 0 radical (unpaired) electrons. The van der Waals surface area contributed by atoms with Crippen molar-refractivity contribution in [2.24, 2.45) is 0 Å². The number of aromatic nitrogens is 2. The van der Waals surface area contributed by atoms with E-state index in [4.69, 9.17) is 17.0 Å². The van der Waals surface area contributed by atoms with Gasteiger partial charge in [-0.2, -0.15) is 0 Å². The molecule has 5 nitrogen and oxygen atoms in total. The van der Waals surface area contributed by atoms with Crippen LogP contribution in [0.5, 0.6) is 5.75 Å². The standard InChI is InChI=1S/C15H18N4OS/c1-20-13-4-2-12(3-5-13)18-6-8-19(9-7-18)14-10-15(21)17-11-16-14/h2-5,10-11H,6-9H2,1H3,(H,16,17,21). The number of ether oxygens (including phenoxy) is 1. The summed E-state index contributed by atoms with van der Waals surface area (Å²) in [4.78, 5) is 11.9. The molecule has 21 heavy (non-hydrogen) atoms. The van der Waals surface area contributed by atoms with Crippen LogP contribution in [0.25, 0.3) is 0 Å². The highest BCUT2D eigenvalue weighted by Crippen LogP contribution is 2.21. The van der Waals surface area contributed by atoms with E-state index < -0.39 is 0 Å². The van der Waals surface area contributed by atoms with Crippen LogP contribution in [0, 0.1) is 4.64 Å². The first-order valence-electron chi connectivity index (χ1n) is 6.95. The number of nitrogens with one attached hydrogen (secondary N) is 1. The first-order chi connectivity index (χ1) is 10.3. The molecule has 110 valence electrons. The van der Waals surface area contributed by atoms with Crippen molar-refractivity contribution >= 4 is 23.7 Å². The minimum atomic E-state index is 0.626. The van der Waals surface area contributed by atoms with Gasteiger partial charge in [0.15, 0.2) is 0 Å². The second kappa shape index (κ2) is 6.13. The average molecular weight is 302 g/mol. The van der Waals surface area contributed by atoms with Crippen molar-refractivity contribution in [3.63, 3.8) is 0 Å². The van der Waals surface area contributed by atoms with Gasteiger partial charge in [0.05, 0.1) is 13.4 Å². The summed E-state index contributed by atoms with van der Waals surface area (Å²) in [6.07, 6.45) is 1.66. The van der Waals surface area contributed by atoms with Crippen LogP contribution in [-0.2, 0) is 0 Å². The Morgan fingerprint density at radius 1 is 1.10 bits per heavy atom. The first kappa shape index (κ1) is 13.9. The van der Waals surface area contributed by atoms with Crippen LogP contribution in [0.2, 0.25) is 0 Å². The fourth-order valence-electron chi connectivity index (χ4n) is 2.54. The van der Waals surface area contributed by atoms with Gasteiger partial charge in [-0.1, -0.05) is 12.2 Å². The van der Waals surface area contributed by atoms with Crippen LogP contribution < -0.4 is 14.5 Å². The predicted molar refractivity (Wildman–Crippen MR) is 86.8 cm³/mol. The lowest BCUT2D eigenvalue weighted by atomic mass is 10.2. The number of piperazine rings is 1. The topological polar surface area (TPSA) is 44.4 Å². The maximum atomic E-state index is 5.20. The Morgan fingerprint density at radius 3 is 2.38 bits per heavy atom. The van der Waals surface area contributed by atoms with E-state index in [2.05, 4.69) is 31.9 Å². The van der Waals surface area contributed by atoms with Gasteiger partial charge in [0, 0.05) is 37.9 Å². The molecular weight excluding hydrogens is 284 g/mol. The highest BCUT2D eigenvalue weighted by Gasteiger charge is 2.17. The van der Waals surface area contributed by atoms with Crippen molar-refractivity contribution in [3.05, 3.63) is 41.3 Å². The van der Waals surface area contributed by atoms with Crippen molar-refractivity contribution in [1.82, 2.24) is 9.97 Å². The molecule has 1 N–H and O–H groups in total. The van der Waals surface area contributed by atoms with Crippen LogP contribution in [0.4, 0.5) is 11.5 Å². The minimum Gasteiger partial charge on any atom is -0.497 e. The Morgan fingerprint density at radius 2 is 1.76 bits per heavy atom. The molecule has 1 aromatic carbocycles. The number of H-pyrrole nitrogens is 1. The number of rotatable bonds is 3. The summed E-state index contributed by atoms with van der Waals surface area (Å²) in [6, 6.07) is 10.1. The van der Waals surface area contributed by atoms with Crippen molar-refractivity contribution < 1.29 is 4.74 Å². The van der Waals surface area contributed by atoms with Gasteiger partial charge in [0.1, 0.15) is 16.2 Å². The van der Waals surface area contributed by atoms with Crippen LogP contribution in [-0.4, -0.2) is 43.3 Å². The minimum absolute atomic E-state index is 0.626. The maximum absolute atomic E-state index is 5.20. The Bertz CT molecular complexity index is 647. The van der Waals surface area contributed by atoms with E-state index >= 15 is 0 Å². The van der Waals surface area contributed by atoms with E-state index in [1.165, 1.54) is 5.69 Å². The molecule has 0 atom stereocenters. The molecular formula is C15H18N4OS. The molecule has 1 aliphatic rings. The molecule has 0 unspecified atom stereocenters. The quantitative estimate of drug-likeness (QED) is 0.883. The number of nitrogens with zero attached hydrogens (tertiary/aromatic N) is 3. The number of anilines is 2. The van der Waals surface area contributed by atoms with Gasteiger partial charge in [-0.25, -0.2) is 4.98 Å². The third kappa shape index (κ3) is 3.16. The van der Waals surface area contributed by atoms with Crippen molar-refractivity contribution in [2.45, 2.75) is 0 Å². The van der Waals surface area contributed by atoms with Crippen LogP contribution in [0.15, 0.2) is 36.7 Å². The molecule has 0 aliphatic carbocycles. The molecule has 0 spiro atoms. The van der Waals surface area contributed by atoms with Gasteiger partial charge in [-0.05, 0) is 24.3 Å². The monoisotopic (exact) mass is 302 g/mol. The summed E-state index contributed by atoms with van der Waals surface area (Å²) in [5, 5.41) is 0. The van der Waals surface area contributed by atoms with Gasteiger partial charge >= 0.3 is 0 Å². The van der Waals surface area contributed by atoms with Gasteiger partial charge in [0.25, 0.3) is 0 Å². The Hall–Kier alpha value is -2.08.